The third-order valence-electron chi connectivity index (χ3n) is 2.76. The Morgan fingerprint density at radius 2 is 1.80 bits per heavy atom. The van der Waals surface area contributed by atoms with Gasteiger partial charge in [0.05, 0.1) is 7.11 Å². The summed E-state index contributed by atoms with van der Waals surface area (Å²) in [5.41, 5.74) is 1.74. The fourth-order valence-electron chi connectivity index (χ4n) is 1.82. The first-order chi connectivity index (χ1) is 9.76. The van der Waals surface area contributed by atoms with Crippen molar-refractivity contribution in [2.24, 2.45) is 0 Å². The van der Waals surface area contributed by atoms with E-state index in [2.05, 4.69) is 0 Å². The second-order valence-corrected chi connectivity index (χ2v) is 5.22. The van der Waals surface area contributed by atoms with Crippen molar-refractivity contribution in [1.29, 1.82) is 0 Å². The molecule has 0 heterocycles. The van der Waals surface area contributed by atoms with Crippen LogP contribution >= 0.6 is 8.03 Å². The highest BCUT2D eigenvalue weighted by Gasteiger charge is 2.26. The molecule has 0 N–H and O–H groups in total. The molecular weight excluding hydrogens is 275 g/mol. The SMILES string of the molecule is COc1ccc(-c2ccccc2[P+](=O)OCC=O)cc1. The number of aldehydes is 1. The van der Waals surface area contributed by atoms with Crippen molar-refractivity contribution >= 4 is 19.6 Å². The Morgan fingerprint density at radius 1 is 1.10 bits per heavy atom. The van der Waals surface area contributed by atoms with Crippen LogP contribution in [0.1, 0.15) is 0 Å². The lowest BCUT2D eigenvalue weighted by molar-refractivity contribution is -0.109. The summed E-state index contributed by atoms with van der Waals surface area (Å²) in [6.07, 6.45) is 0.587. The quantitative estimate of drug-likeness (QED) is 0.606. The van der Waals surface area contributed by atoms with Gasteiger partial charge in [-0.15, -0.1) is 4.52 Å². The van der Waals surface area contributed by atoms with Gasteiger partial charge in [0.25, 0.3) is 0 Å². The first-order valence-corrected chi connectivity index (χ1v) is 7.21. The summed E-state index contributed by atoms with van der Waals surface area (Å²) in [6, 6.07) is 14.7. The molecule has 0 amide bonds. The molecule has 0 fully saturated rings. The highest BCUT2D eigenvalue weighted by Crippen LogP contribution is 2.29. The van der Waals surface area contributed by atoms with E-state index in [1.54, 1.807) is 19.2 Å². The number of ether oxygens (including phenoxy) is 1. The van der Waals surface area contributed by atoms with Crippen LogP contribution in [0.2, 0.25) is 0 Å². The Balaban J connectivity index is 2.35. The molecule has 2 aromatic rings. The van der Waals surface area contributed by atoms with Crippen molar-refractivity contribution in [1.82, 2.24) is 0 Å². The van der Waals surface area contributed by atoms with Crippen LogP contribution in [-0.2, 0) is 13.9 Å². The maximum Gasteiger partial charge on any atom is 0.549 e. The predicted molar refractivity (Wildman–Crippen MR) is 77.7 cm³/mol. The third kappa shape index (κ3) is 3.29. The number of hydrogen-bond donors (Lipinski definition) is 0. The molecule has 0 aliphatic rings. The van der Waals surface area contributed by atoms with Gasteiger partial charge in [0.2, 0.25) is 5.30 Å². The maximum atomic E-state index is 12.1. The van der Waals surface area contributed by atoms with E-state index in [1.807, 2.05) is 36.4 Å². The molecule has 1 unspecified atom stereocenters. The Kier molecular flexibility index (Phi) is 4.99. The van der Waals surface area contributed by atoms with Gasteiger partial charge in [-0.05, 0) is 34.4 Å². The van der Waals surface area contributed by atoms with Gasteiger partial charge in [-0.2, -0.15) is 0 Å². The Morgan fingerprint density at radius 3 is 2.45 bits per heavy atom. The van der Waals surface area contributed by atoms with Gasteiger partial charge in [-0.25, -0.2) is 0 Å². The second-order valence-electron chi connectivity index (χ2n) is 3.97. The van der Waals surface area contributed by atoms with Crippen LogP contribution in [0.15, 0.2) is 48.5 Å². The van der Waals surface area contributed by atoms with Crippen molar-refractivity contribution < 1.29 is 18.6 Å². The van der Waals surface area contributed by atoms with E-state index in [1.165, 1.54) is 0 Å². The number of hydrogen-bond acceptors (Lipinski definition) is 4. The molecule has 0 bridgehead atoms. The third-order valence-corrected chi connectivity index (χ3v) is 3.93. The topological polar surface area (TPSA) is 52.6 Å². The molecule has 2 rings (SSSR count). The minimum absolute atomic E-state index is 0.174. The molecular formula is C15H14O4P+. The van der Waals surface area contributed by atoms with Crippen LogP contribution < -0.4 is 10.0 Å². The second kappa shape index (κ2) is 6.94. The molecule has 2 aromatic carbocycles. The van der Waals surface area contributed by atoms with E-state index in [-0.39, 0.29) is 6.61 Å². The number of carbonyl (C=O) groups excluding carboxylic acids is 1. The zero-order chi connectivity index (χ0) is 14.4. The molecule has 0 saturated carbocycles. The Hall–Kier alpha value is -2.03. The summed E-state index contributed by atoms with van der Waals surface area (Å²) in [5, 5.41) is 0.578. The molecule has 0 spiro atoms. The van der Waals surface area contributed by atoms with E-state index in [0.29, 0.717) is 11.6 Å². The van der Waals surface area contributed by atoms with Crippen LogP contribution in [0.25, 0.3) is 11.1 Å². The van der Waals surface area contributed by atoms with Crippen LogP contribution in [0, 0.1) is 0 Å². The van der Waals surface area contributed by atoms with E-state index in [4.69, 9.17) is 9.26 Å². The summed E-state index contributed by atoms with van der Waals surface area (Å²) < 4.78 is 22.2. The number of methoxy groups -OCH3 is 1. The number of carbonyl (C=O) groups is 1. The fourth-order valence-corrected chi connectivity index (χ4v) is 2.76. The Bertz CT molecular complexity index is 608. The van der Waals surface area contributed by atoms with Gasteiger partial charge in [0.1, 0.15) is 5.75 Å². The molecule has 0 aliphatic heterocycles. The minimum Gasteiger partial charge on any atom is -0.497 e. The zero-order valence-electron chi connectivity index (χ0n) is 11.0. The van der Waals surface area contributed by atoms with Crippen molar-refractivity contribution in [3.8, 4) is 16.9 Å². The lowest BCUT2D eigenvalue weighted by Gasteiger charge is -2.03. The van der Waals surface area contributed by atoms with E-state index in [9.17, 15) is 9.36 Å². The van der Waals surface area contributed by atoms with Crippen LogP contribution in [-0.4, -0.2) is 20.0 Å². The van der Waals surface area contributed by atoms with Gasteiger partial charge < -0.3 is 9.53 Å². The number of benzene rings is 2. The standard InChI is InChI=1S/C15H14O4P/c1-18-13-8-6-12(7-9-13)14-4-2-3-5-15(14)20(17)19-11-10-16/h2-10H,11H2,1H3/q+1. The van der Waals surface area contributed by atoms with Crippen LogP contribution in [0.3, 0.4) is 0 Å². The monoisotopic (exact) mass is 289 g/mol. The number of rotatable bonds is 6. The van der Waals surface area contributed by atoms with Gasteiger partial charge in [-0.3, -0.25) is 0 Å². The molecule has 0 radical (unpaired) electrons. The maximum absolute atomic E-state index is 12.1. The molecule has 1 atom stereocenters. The molecule has 20 heavy (non-hydrogen) atoms. The average molecular weight is 289 g/mol. The van der Waals surface area contributed by atoms with Gasteiger partial charge >= 0.3 is 8.03 Å². The van der Waals surface area contributed by atoms with Crippen molar-refractivity contribution in [3.05, 3.63) is 48.5 Å². The van der Waals surface area contributed by atoms with E-state index >= 15 is 0 Å². The van der Waals surface area contributed by atoms with Crippen LogP contribution in [0.4, 0.5) is 0 Å². The highest BCUT2D eigenvalue weighted by molar-refractivity contribution is 7.48. The molecule has 0 saturated heterocycles. The lowest BCUT2D eigenvalue weighted by atomic mass is 10.1. The molecule has 102 valence electrons. The first-order valence-electron chi connectivity index (χ1n) is 6.03. The van der Waals surface area contributed by atoms with Crippen LogP contribution in [0.5, 0.6) is 5.75 Å². The zero-order valence-corrected chi connectivity index (χ0v) is 11.9. The normalized spacial score (nSPS) is 10.9. The smallest absolute Gasteiger partial charge is 0.497 e. The highest BCUT2D eigenvalue weighted by atomic mass is 31.1. The van der Waals surface area contributed by atoms with E-state index < -0.39 is 8.03 Å². The molecule has 0 aromatic heterocycles. The largest absolute Gasteiger partial charge is 0.549 e. The summed E-state index contributed by atoms with van der Waals surface area (Å²) in [6.45, 7) is -0.174. The molecule has 5 heteroatoms. The molecule has 0 aliphatic carbocycles. The summed E-state index contributed by atoms with van der Waals surface area (Å²) >= 11 is 0. The Labute approximate surface area is 118 Å². The lowest BCUT2D eigenvalue weighted by Crippen LogP contribution is -2.03. The van der Waals surface area contributed by atoms with Gasteiger partial charge in [0, 0.05) is 5.56 Å². The van der Waals surface area contributed by atoms with Crippen molar-refractivity contribution in [2.45, 2.75) is 0 Å². The van der Waals surface area contributed by atoms with Gasteiger partial charge in [-0.1, -0.05) is 24.3 Å². The summed E-state index contributed by atoms with van der Waals surface area (Å²) in [7, 11) is -0.445. The summed E-state index contributed by atoms with van der Waals surface area (Å²) in [5.74, 6) is 0.757. The molecule has 4 nitrogen and oxygen atoms in total. The van der Waals surface area contributed by atoms with Gasteiger partial charge in [0.15, 0.2) is 12.9 Å². The minimum atomic E-state index is -2.05. The summed E-state index contributed by atoms with van der Waals surface area (Å²) in [4.78, 5) is 10.3. The average Bonchev–Trinajstić information content (AvgIpc) is 2.52. The van der Waals surface area contributed by atoms with Crippen molar-refractivity contribution in [2.75, 3.05) is 13.7 Å². The first kappa shape index (κ1) is 14.4. The fraction of sp³-hybridized carbons (Fsp3) is 0.133. The van der Waals surface area contributed by atoms with Crippen molar-refractivity contribution in [3.63, 3.8) is 0 Å². The predicted octanol–water partition coefficient (Wildman–Crippen LogP) is 2.95. The van der Waals surface area contributed by atoms with E-state index in [0.717, 1.165) is 16.9 Å².